The van der Waals surface area contributed by atoms with Crippen molar-refractivity contribution >= 4 is 23.5 Å². The van der Waals surface area contributed by atoms with Crippen molar-refractivity contribution in [2.45, 2.75) is 89.8 Å². The maximum Gasteiger partial charge on any atom is 0.306 e. The number of Topliss-reactive ketones (excluding diaryl/α,β-unsaturated/α-hetero) is 1. The van der Waals surface area contributed by atoms with Gasteiger partial charge in [-0.3, -0.25) is 19.2 Å². The van der Waals surface area contributed by atoms with Gasteiger partial charge in [0.15, 0.2) is 23.7 Å². The van der Waals surface area contributed by atoms with Crippen molar-refractivity contribution in [3.8, 4) is 0 Å². The van der Waals surface area contributed by atoms with E-state index in [9.17, 15) is 24.3 Å². The molecule has 4 aliphatic rings. The van der Waals surface area contributed by atoms with Gasteiger partial charge in [-0.15, -0.1) is 0 Å². The molecule has 0 unspecified atom stereocenters. The lowest BCUT2D eigenvalue weighted by molar-refractivity contribution is -0.229. The number of carbonyl (C=O) groups excluding carboxylic acids is 4. The van der Waals surface area contributed by atoms with Crippen molar-refractivity contribution in [3.05, 3.63) is 23.8 Å². The normalized spacial score (nSPS) is 41.9. The summed E-state index contributed by atoms with van der Waals surface area (Å²) < 4.78 is 43.6. The van der Waals surface area contributed by atoms with Crippen molar-refractivity contribution < 1.29 is 48.0 Å². The van der Waals surface area contributed by atoms with E-state index in [2.05, 4.69) is 0 Å². The van der Waals surface area contributed by atoms with Gasteiger partial charge in [-0.2, -0.15) is 0 Å². The summed E-state index contributed by atoms with van der Waals surface area (Å²) in [6.45, 7) is 5.50. The van der Waals surface area contributed by atoms with Crippen molar-refractivity contribution in [3.63, 3.8) is 0 Å². The van der Waals surface area contributed by atoms with Gasteiger partial charge in [0.05, 0.1) is 6.10 Å². The number of fused-ring (bicyclic) bond motifs is 5. The number of ketones is 2. The van der Waals surface area contributed by atoms with Gasteiger partial charge in [-0.05, 0) is 62.7 Å². The molecule has 3 fully saturated rings. The van der Waals surface area contributed by atoms with E-state index in [0.29, 0.717) is 6.42 Å². The quantitative estimate of drug-likeness (QED) is 0.525. The highest BCUT2D eigenvalue weighted by Gasteiger charge is 2.76. The molecule has 4 rings (SSSR count). The largest absolute Gasteiger partial charge is 0.458 e. The Labute approximate surface area is 214 Å². The number of rotatable bonds is 6. The summed E-state index contributed by atoms with van der Waals surface area (Å²) in [5.41, 5.74) is -6.80. The molecule has 0 aliphatic heterocycles. The number of ether oxygens (including phenoxy) is 2. The fourth-order valence-electron chi connectivity index (χ4n) is 7.61. The molecule has 0 spiro atoms. The minimum Gasteiger partial charge on any atom is -0.458 e. The Bertz CT molecular complexity index is 1060. The van der Waals surface area contributed by atoms with E-state index in [1.165, 1.54) is 19.1 Å². The minimum atomic E-state index is -2.30. The molecule has 0 radical (unpaired) electrons. The molecule has 0 bridgehead atoms. The molecular weight excluding hydrogens is 490 g/mol. The zero-order chi connectivity index (χ0) is 26.7. The Hall–Kier alpha value is -2.46. The fourth-order valence-corrected chi connectivity index (χ4v) is 7.61. The molecule has 0 aromatic rings. The van der Waals surface area contributed by atoms with E-state index in [0.717, 1.165) is 13.0 Å². The van der Waals surface area contributed by atoms with Crippen LogP contribution in [-0.4, -0.2) is 64.2 Å². The number of hydrogen-bond acceptors (Lipinski definition) is 7. The standard InChI is InChI=1S/C27H34F2O7.H2O/c1-5-6-23(34)36-26(22(33)14-35-15(2)30)10-8-17-18-12-20(28)19-11-16(31)7-9-24(19,3)27(18,29)21(32)13-25(17,26)4;/h7,9,11,17-18,20-21,32H,5-6,8,10,12-14H2,1-4H3;1H2/t17-,18-,20-,21-,24-,25-,26-,27-;/m0./s1. The van der Waals surface area contributed by atoms with Crippen molar-refractivity contribution in [1.82, 2.24) is 0 Å². The second kappa shape index (κ2) is 9.69. The van der Waals surface area contributed by atoms with Crippen LogP contribution in [0, 0.1) is 22.7 Å². The molecule has 3 N–H and O–H groups in total. The van der Waals surface area contributed by atoms with E-state index in [1.54, 1.807) is 13.8 Å². The molecule has 0 heterocycles. The van der Waals surface area contributed by atoms with Crippen LogP contribution in [0.2, 0.25) is 0 Å². The van der Waals surface area contributed by atoms with Crippen molar-refractivity contribution in [1.29, 1.82) is 0 Å². The zero-order valence-electron chi connectivity index (χ0n) is 21.6. The summed E-state index contributed by atoms with van der Waals surface area (Å²) in [4.78, 5) is 49.6. The molecule has 0 aromatic heterocycles. The van der Waals surface area contributed by atoms with E-state index >= 15 is 8.78 Å². The van der Waals surface area contributed by atoms with Crippen LogP contribution in [0.25, 0.3) is 0 Å². The van der Waals surface area contributed by atoms with E-state index in [4.69, 9.17) is 9.47 Å². The molecule has 8 atom stereocenters. The predicted octanol–water partition coefficient (Wildman–Crippen LogP) is 2.69. The Morgan fingerprint density at radius 1 is 1.22 bits per heavy atom. The summed E-state index contributed by atoms with van der Waals surface area (Å²) in [6.07, 6.45) is 0.783. The number of aliphatic hydroxyl groups excluding tert-OH is 1. The van der Waals surface area contributed by atoms with Gasteiger partial charge in [0.2, 0.25) is 5.78 Å². The zero-order valence-corrected chi connectivity index (χ0v) is 21.6. The lowest BCUT2D eigenvalue weighted by Gasteiger charge is -2.63. The monoisotopic (exact) mass is 526 g/mol. The van der Waals surface area contributed by atoms with Crippen molar-refractivity contribution in [2.24, 2.45) is 22.7 Å². The third-order valence-electron chi connectivity index (χ3n) is 9.35. The topological polar surface area (TPSA) is 138 Å². The lowest BCUT2D eigenvalue weighted by atomic mass is 9.44. The minimum absolute atomic E-state index is 0. The predicted molar refractivity (Wildman–Crippen MR) is 128 cm³/mol. The first kappa shape index (κ1) is 29.1. The Morgan fingerprint density at radius 3 is 2.51 bits per heavy atom. The Morgan fingerprint density at radius 2 is 1.89 bits per heavy atom. The highest BCUT2D eigenvalue weighted by Crippen LogP contribution is 2.70. The maximum absolute atomic E-state index is 17.2. The first-order valence-electron chi connectivity index (χ1n) is 12.6. The SMILES string of the molecule is CCCC(=O)O[C@]1(C(=O)COC(C)=O)CC[C@H]2[C@@H]3C[C@H](F)C4=CC(=O)C=C[C@]4(C)[C@@]3(F)[C@@H](O)C[C@@]21C.O. The number of carbonyl (C=O) groups is 4. The second-order valence-electron chi connectivity index (χ2n) is 11.2. The number of alkyl halides is 2. The van der Waals surface area contributed by atoms with Gasteiger partial charge in [0.25, 0.3) is 0 Å². The lowest BCUT2D eigenvalue weighted by Crippen LogP contribution is -2.70. The number of hydrogen-bond donors (Lipinski definition) is 1. The van der Waals surface area contributed by atoms with Crippen LogP contribution in [0.5, 0.6) is 0 Å². The highest BCUT2D eigenvalue weighted by molar-refractivity contribution is 6.01. The Kier molecular flexibility index (Phi) is 7.62. The van der Waals surface area contributed by atoms with Gasteiger partial charge >= 0.3 is 11.9 Å². The van der Waals surface area contributed by atoms with Gasteiger partial charge in [0.1, 0.15) is 6.17 Å². The molecule has 37 heavy (non-hydrogen) atoms. The molecule has 10 heteroatoms. The first-order valence-corrected chi connectivity index (χ1v) is 12.6. The van der Waals surface area contributed by atoms with Crippen LogP contribution in [0.1, 0.15) is 66.2 Å². The number of allylic oxidation sites excluding steroid dienone is 4. The van der Waals surface area contributed by atoms with Gasteiger partial charge in [0, 0.05) is 30.1 Å². The van der Waals surface area contributed by atoms with Crippen LogP contribution in [0.3, 0.4) is 0 Å². The van der Waals surface area contributed by atoms with Crippen LogP contribution >= 0.6 is 0 Å². The van der Waals surface area contributed by atoms with E-state index < -0.39 is 76.3 Å². The summed E-state index contributed by atoms with van der Waals surface area (Å²) in [5, 5.41) is 11.4. The number of esters is 2. The maximum atomic E-state index is 17.2. The first-order chi connectivity index (χ1) is 16.8. The Balaban J connectivity index is 0.00000380. The third kappa shape index (κ3) is 3.98. The van der Waals surface area contributed by atoms with Crippen LogP contribution < -0.4 is 0 Å². The third-order valence-corrected chi connectivity index (χ3v) is 9.35. The average molecular weight is 527 g/mol. The molecule has 8 nitrogen and oxygen atoms in total. The van der Waals surface area contributed by atoms with Crippen LogP contribution in [0.15, 0.2) is 23.8 Å². The van der Waals surface area contributed by atoms with Crippen LogP contribution in [-0.2, 0) is 28.7 Å². The molecule has 3 saturated carbocycles. The fraction of sp³-hybridized carbons (Fsp3) is 0.704. The molecule has 0 saturated heterocycles. The second-order valence-corrected chi connectivity index (χ2v) is 11.2. The average Bonchev–Trinajstić information content (AvgIpc) is 3.08. The van der Waals surface area contributed by atoms with Gasteiger partial charge in [-0.1, -0.05) is 19.9 Å². The smallest absolute Gasteiger partial charge is 0.306 e. The molecule has 0 aromatic carbocycles. The molecular formula is C27H36F2O8. The van der Waals surface area contributed by atoms with Crippen LogP contribution in [0.4, 0.5) is 8.78 Å². The van der Waals surface area contributed by atoms with E-state index in [1.807, 2.05) is 0 Å². The van der Waals surface area contributed by atoms with Crippen molar-refractivity contribution in [2.75, 3.05) is 6.61 Å². The van der Waals surface area contributed by atoms with Gasteiger partial charge < -0.3 is 20.1 Å². The highest BCUT2D eigenvalue weighted by atomic mass is 19.1. The summed E-state index contributed by atoms with van der Waals surface area (Å²) in [6, 6.07) is 0. The summed E-state index contributed by atoms with van der Waals surface area (Å²) in [5.74, 6) is -3.96. The number of halogens is 2. The summed E-state index contributed by atoms with van der Waals surface area (Å²) >= 11 is 0. The molecule has 4 aliphatic carbocycles. The van der Waals surface area contributed by atoms with E-state index in [-0.39, 0.29) is 43.2 Å². The molecule has 0 amide bonds. The number of aliphatic hydroxyl groups is 1. The summed E-state index contributed by atoms with van der Waals surface area (Å²) in [7, 11) is 0. The van der Waals surface area contributed by atoms with Gasteiger partial charge in [-0.25, -0.2) is 8.78 Å². The molecule has 206 valence electrons.